The predicted molar refractivity (Wildman–Crippen MR) is 124 cm³/mol. The summed E-state index contributed by atoms with van der Waals surface area (Å²) < 4.78 is 71.4. The van der Waals surface area contributed by atoms with Gasteiger partial charge in [-0.25, -0.2) is 13.9 Å². The van der Waals surface area contributed by atoms with Gasteiger partial charge in [-0.15, -0.1) is 4.31 Å². The number of alkyl halides is 3. The van der Waals surface area contributed by atoms with Crippen molar-refractivity contribution in [1.29, 1.82) is 0 Å². The van der Waals surface area contributed by atoms with Crippen molar-refractivity contribution in [2.75, 3.05) is 18.5 Å². The maximum Gasteiger partial charge on any atom is 0.412 e. The first-order valence-electron chi connectivity index (χ1n) is 10.6. The van der Waals surface area contributed by atoms with E-state index in [9.17, 15) is 17.7 Å². The predicted octanol–water partition coefficient (Wildman–Crippen LogP) is 5.60. The molecule has 184 valence electrons. The Morgan fingerprint density at radius 1 is 1.18 bits per heavy atom. The fraction of sp³-hybridized carbons (Fsp3) is 0.455. The van der Waals surface area contributed by atoms with Crippen molar-refractivity contribution in [1.82, 2.24) is 18.9 Å². The topological polar surface area (TPSA) is 59.7 Å². The molecule has 3 aromatic rings. The molecule has 0 spiro atoms. The zero-order chi connectivity index (χ0) is 25.0. The number of hydrogen-bond acceptors (Lipinski definition) is 5. The molecule has 0 bridgehead atoms. The van der Waals surface area contributed by atoms with Gasteiger partial charge in [-0.2, -0.15) is 18.3 Å². The molecule has 1 aliphatic rings. The molecule has 2 aromatic heterocycles. The molecular formula is C22H24ClF4N5OS. The lowest BCUT2D eigenvalue weighted by molar-refractivity contribution is -0.171. The van der Waals surface area contributed by atoms with E-state index in [4.69, 9.17) is 11.6 Å². The average Bonchev–Trinajstić information content (AvgIpc) is 3.12. The van der Waals surface area contributed by atoms with E-state index in [0.717, 1.165) is 23.1 Å². The van der Waals surface area contributed by atoms with E-state index in [1.54, 1.807) is 42.4 Å². The van der Waals surface area contributed by atoms with Crippen LogP contribution >= 0.6 is 11.6 Å². The van der Waals surface area contributed by atoms with Gasteiger partial charge in [0.25, 0.3) is 0 Å². The number of aromatic nitrogens is 3. The van der Waals surface area contributed by atoms with E-state index in [1.807, 2.05) is 0 Å². The normalized spacial score (nSPS) is 16.7. The molecule has 0 amide bonds. The van der Waals surface area contributed by atoms with Crippen LogP contribution in [0, 0.1) is 5.82 Å². The molecule has 0 aliphatic carbocycles. The first-order chi connectivity index (χ1) is 15.8. The van der Waals surface area contributed by atoms with Gasteiger partial charge in [0.1, 0.15) is 10.6 Å². The minimum Gasteiger partial charge on any atom is -0.597 e. The number of rotatable bonds is 4. The fourth-order valence-electron chi connectivity index (χ4n) is 4.22. The van der Waals surface area contributed by atoms with Crippen molar-refractivity contribution in [2.24, 2.45) is 0 Å². The number of halogens is 5. The Balaban J connectivity index is 1.73. The lowest BCUT2D eigenvalue weighted by Crippen LogP contribution is -2.46. The lowest BCUT2D eigenvalue weighted by Gasteiger charge is -2.36. The second-order valence-corrected chi connectivity index (χ2v) is 11.8. The Labute approximate surface area is 202 Å². The molecule has 0 radical (unpaired) electrons. The molecule has 12 heteroatoms. The SMILES string of the molecule is CN([C@@H](c1ccc(N2CCCc3c2cnc2cc(Cl)nn32)c(F)c1)C(F)(F)F)[S+]([O-])C(C)(C)C. The summed E-state index contributed by atoms with van der Waals surface area (Å²) in [5.74, 6) is -0.812. The lowest BCUT2D eigenvalue weighted by atomic mass is 10.0. The van der Waals surface area contributed by atoms with Gasteiger partial charge in [-0.05, 0) is 51.3 Å². The van der Waals surface area contributed by atoms with Crippen LogP contribution in [0.25, 0.3) is 5.65 Å². The molecule has 0 saturated heterocycles. The second-order valence-electron chi connectivity index (χ2n) is 9.15. The highest BCUT2D eigenvalue weighted by molar-refractivity contribution is 7.90. The highest BCUT2D eigenvalue weighted by Crippen LogP contribution is 2.42. The van der Waals surface area contributed by atoms with Crippen LogP contribution in [-0.4, -0.2) is 48.0 Å². The number of fused-ring (bicyclic) bond motifs is 3. The largest absolute Gasteiger partial charge is 0.597 e. The third-order valence-corrected chi connectivity index (χ3v) is 7.62. The first-order valence-corrected chi connectivity index (χ1v) is 12.1. The highest BCUT2D eigenvalue weighted by Gasteiger charge is 2.50. The molecule has 4 rings (SSSR count). The van der Waals surface area contributed by atoms with Gasteiger partial charge >= 0.3 is 6.18 Å². The molecular weight excluding hydrogens is 494 g/mol. The Bertz CT molecular complexity index is 1210. The fourth-order valence-corrected chi connectivity index (χ4v) is 5.69. The zero-order valence-electron chi connectivity index (χ0n) is 19.0. The van der Waals surface area contributed by atoms with Gasteiger partial charge in [-0.1, -0.05) is 17.7 Å². The Morgan fingerprint density at radius 3 is 2.50 bits per heavy atom. The van der Waals surface area contributed by atoms with E-state index in [1.165, 1.54) is 12.1 Å². The standard InChI is InChI=1S/C22H24ClF4N5OS/c1-21(2,3)34(33)30(4)20(22(25,26)27)13-7-8-15(14(24)10-13)31-9-5-6-16-17(31)12-28-19-11-18(23)29-32(16)19/h7-8,10-12,20H,5-6,9H2,1-4H3/t20-,34?/m0/s1. The van der Waals surface area contributed by atoms with E-state index in [-0.39, 0.29) is 16.4 Å². The molecule has 3 heterocycles. The molecule has 2 atom stereocenters. The first kappa shape index (κ1) is 25.0. The monoisotopic (exact) mass is 517 g/mol. The van der Waals surface area contributed by atoms with Crippen LogP contribution < -0.4 is 4.90 Å². The van der Waals surface area contributed by atoms with E-state index in [2.05, 4.69) is 10.1 Å². The molecule has 6 nitrogen and oxygen atoms in total. The number of anilines is 2. The van der Waals surface area contributed by atoms with Crippen molar-refractivity contribution in [3.8, 4) is 0 Å². The Morgan fingerprint density at radius 2 is 1.88 bits per heavy atom. The minimum atomic E-state index is -4.75. The van der Waals surface area contributed by atoms with E-state index < -0.39 is 34.1 Å². The Kier molecular flexibility index (Phi) is 6.52. The van der Waals surface area contributed by atoms with Gasteiger partial charge in [0.15, 0.2) is 16.8 Å². The molecule has 1 aromatic carbocycles. The van der Waals surface area contributed by atoms with Gasteiger partial charge in [0, 0.05) is 31.0 Å². The number of hydrogen-bond donors (Lipinski definition) is 0. The zero-order valence-corrected chi connectivity index (χ0v) is 20.6. The number of aryl methyl sites for hydroxylation is 1. The van der Waals surface area contributed by atoms with Crippen molar-refractivity contribution in [2.45, 2.75) is 50.6 Å². The summed E-state index contributed by atoms with van der Waals surface area (Å²) in [4.78, 5) is 6.01. The highest BCUT2D eigenvalue weighted by atomic mass is 35.5. The van der Waals surface area contributed by atoms with Crippen molar-refractivity contribution < 1.29 is 22.1 Å². The van der Waals surface area contributed by atoms with Crippen LogP contribution in [0.3, 0.4) is 0 Å². The van der Waals surface area contributed by atoms with Gasteiger partial charge in [0.2, 0.25) is 0 Å². The maximum atomic E-state index is 15.3. The van der Waals surface area contributed by atoms with Crippen LogP contribution in [0.5, 0.6) is 0 Å². The van der Waals surface area contributed by atoms with Crippen LogP contribution in [0.1, 0.15) is 44.5 Å². The summed E-state index contributed by atoms with van der Waals surface area (Å²) in [6, 6.07) is 2.82. The number of nitrogens with zero attached hydrogens (tertiary/aromatic N) is 5. The van der Waals surface area contributed by atoms with E-state index in [0.29, 0.717) is 30.7 Å². The second kappa shape index (κ2) is 8.85. The van der Waals surface area contributed by atoms with Crippen molar-refractivity contribution >= 4 is 40.0 Å². The Hall–Kier alpha value is -2.08. The molecule has 0 saturated carbocycles. The van der Waals surface area contributed by atoms with Crippen molar-refractivity contribution in [3.05, 3.63) is 52.7 Å². The van der Waals surface area contributed by atoms with Crippen LogP contribution in [-0.2, 0) is 17.8 Å². The molecule has 34 heavy (non-hydrogen) atoms. The third-order valence-electron chi connectivity index (χ3n) is 5.65. The molecule has 0 fully saturated rings. The summed E-state index contributed by atoms with van der Waals surface area (Å²) in [6.45, 7) is 5.22. The summed E-state index contributed by atoms with van der Waals surface area (Å²) in [5.41, 5.74) is 1.77. The van der Waals surface area contributed by atoms with Gasteiger partial charge < -0.3 is 9.45 Å². The number of benzene rings is 1. The summed E-state index contributed by atoms with van der Waals surface area (Å²) in [5, 5.41) is 4.52. The minimum absolute atomic E-state index is 0.129. The van der Waals surface area contributed by atoms with Crippen LogP contribution in [0.2, 0.25) is 5.15 Å². The van der Waals surface area contributed by atoms with Gasteiger partial charge in [0.05, 0.1) is 23.3 Å². The van der Waals surface area contributed by atoms with Crippen LogP contribution in [0.15, 0.2) is 30.5 Å². The molecule has 1 unspecified atom stereocenters. The maximum absolute atomic E-state index is 15.3. The smallest absolute Gasteiger partial charge is 0.412 e. The van der Waals surface area contributed by atoms with Crippen LogP contribution in [0.4, 0.5) is 28.9 Å². The molecule has 0 N–H and O–H groups in total. The summed E-state index contributed by atoms with van der Waals surface area (Å²) >= 11 is 4.04. The quantitative estimate of drug-likeness (QED) is 0.333. The average molecular weight is 518 g/mol. The van der Waals surface area contributed by atoms with Gasteiger partial charge in [-0.3, -0.25) is 0 Å². The molecule has 1 aliphatic heterocycles. The third kappa shape index (κ3) is 4.58. The summed E-state index contributed by atoms with van der Waals surface area (Å²) in [6.07, 6.45) is -1.81. The van der Waals surface area contributed by atoms with E-state index >= 15 is 4.39 Å². The summed E-state index contributed by atoms with van der Waals surface area (Å²) in [7, 11) is 1.14. The van der Waals surface area contributed by atoms with Crippen molar-refractivity contribution in [3.63, 3.8) is 0 Å².